The van der Waals surface area contributed by atoms with Crippen LogP contribution >= 0.6 is 0 Å². The number of likely N-dealkylation sites (tertiary alicyclic amines) is 1. The molecule has 126 valence electrons. The predicted molar refractivity (Wildman–Crippen MR) is 91.0 cm³/mol. The Labute approximate surface area is 142 Å². The SMILES string of the molecule is Cn1c(CN2CCC3(CCc4ccccc4O3)C2)nnc1C1CC1. The number of nitrogens with zero attached hydrogens (tertiary/aromatic N) is 4. The summed E-state index contributed by atoms with van der Waals surface area (Å²) in [6, 6.07) is 8.48. The van der Waals surface area contributed by atoms with E-state index in [1.807, 2.05) is 0 Å². The second-order valence-corrected chi connectivity index (χ2v) is 7.66. The van der Waals surface area contributed by atoms with Gasteiger partial charge in [-0.3, -0.25) is 4.90 Å². The maximum Gasteiger partial charge on any atom is 0.146 e. The Bertz CT molecular complexity index is 766. The van der Waals surface area contributed by atoms with E-state index >= 15 is 0 Å². The molecule has 1 saturated carbocycles. The fourth-order valence-electron chi connectivity index (χ4n) is 4.22. The lowest BCUT2D eigenvalue weighted by Gasteiger charge is -2.35. The van der Waals surface area contributed by atoms with Crippen molar-refractivity contribution in [1.29, 1.82) is 0 Å². The monoisotopic (exact) mass is 324 g/mol. The van der Waals surface area contributed by atoms with Crippen LogP contribution in [0.3, 0.4) is 0 Å². The average molecular weight is 324 g/mol. The number of hydrogen-bond donors (Lipinski definition) is 0. The van der Waals surface area contributed by atoms with Gasteiger partial charge >= 0.3 is 0 Å². The summed E-state index contributed by atoms with van der Waals surface area (Å²) in [7, 11) is 2.11. The van der Waals surface area contributed by atoms with Crippen LogP contribution in [0.2, 0.25) is 0 Å². The van der Waals surface area contributed by atoms with Crippen molar-refractivity contribution in [3.8, 4) is 5.75 Å². The van der Waals surface area contributed by atoms with Crippen molar-refractivity contribution < 1.29 is 4.74 Å². The van der Waals surface area contributed by atoms with E-state index in [1.54, 1.807) is 0 Å². The first-order chi connectivity index (χ1) is 11.7. The van der Waals surface area contributed by atoms with Crippen LogP contribution in [0.25, 0.3) is 0 Å². The van der Waals surface area contributed by atoms with Crippen molar-refractivity contribution >= 4 is 0 Å². The van der Waals surface area contributed by atoms with Gasteiger partial charge in [0.15, 0.2) is 0 Å². The molecule has 1 spiro atoms. The molecule has 3 heterocycles. The average Bonchev–Trinajstić information content (AvgIpc) is 3.28. The summed E-state index contributed by atoms with van der Waals surface area (Å²) in [6.45, 7) is 2.95. The fraction of sp³-hybridized carbons (Fsp3) is 0.579. The number of rotatable bonds is 3. The highest BCUT2D eigenvalue weighted by Crippen LogP contribution is 2.40. The number of para-hydroxylation sites is 1. The molecule has 24 heavy (non-hydrogen) atoms. The third-order valence-corrected chi connectivity index (χ3v) is 5.85. The van der Waals surface area contributed by atoms with Crippen LogP contribution in [0, 0.1) is 0 Å². The Hall–Kier alpha value is -1.88. The molecule has 1 aromatic carbocycles. The molecule has 2 aliphatic heterocycles. The third kappa shape index (κ3) is 2.42. The quantitative estimate of drug-likeness (QED) is 0.870. The van der Waals surface area contributed by atoms with E-state index in [0.717, 1.165) is 50.5 Å². The van der Waals surface area contributed by atoms with Crippen molar-refractivity contribution in [2.24, 2.45) is 7.05 Å². The zero-order chi connectivity index (χ0) is 16.1. The van der Waals surface area contributed by atoms with Crippen LogP contribution in [0.5, 0.6) is 5.75 Å². The zero-order valence-corrected chi connectivity index (χ0v) is 14.2. The summed E-state index contributed by atoms with van der Waals surface area (Å²) < 4.78 is 8.66. The number of aryl methyl sites for hydroxylation is 1. The minimum absolute atomic E-state index is 0.00767. The zero-order valence-electron chi connectivity index (χ0n) is 14.2. The normalized spacial score (nSPS) is 26.5. The molecule has 5 rings (SSSR count). The molecule has 1 aliphatic carbocycles. The van der Waals surface area contributed by atoms with Gasteiger partial charge in [0.1, 0.15) is 23.0 Å². The number of benzene rings is 1. The van der Waals surface area contributed by atoms with Gasteiger partial charge in [-0.05, 0) is 37.3 Å². The van der Waals surface area contributed by atoms with E-state index in [0.29, 0.717) is 5.92 Å². The van der Waals surface area contributed by atoms with E-state index in [9.17, 15) is 0 Å². The maximum absolute atomic E-state index is 6.45. The van der Waals surface area contributed by atoms with Gasteiger partial charge in [-0.1, -0.05) is 18.2 Å². The lowest BCUT2D eigenvalue weighted by atomic mass is 9.90. The summed E-state index contributed by atoms with van der Waals surface area (Å²) in [5.41, 5.74) is 1.34. The summed E-state index contributed by atoms with van der Waals surface area (Å²) >= 11 is 0. The Balaban J connectivity index is 1.29. The Morgan fingerprint density at radius 1 is 1.21 bits per heavy atom. The molecule has 1 saturated heterocycles. The van der Waals surface area contributed by atoms with Crippen LogP contribution in [0.4, 0.5) is 0 Å². The van der Waals surface area contributed by atoms with E-state index in [-0.39, 0.29) is 5.60 Å². The summed E-state index contributed by atoms with van der Waals surface area (Å²) in [5.74, 6) is 3.99. The molecule has 3 aliphatic rings. The first-order valence-electron chi connectivity index (χ1n) is 9.10. The largest absolute Gasteiger partial charge is 0.486 e. The molecular formula is C19H24N4O. The van der Waals surface area contributed by atoms with Crippen LogP contribution < -0.4 is 4.74 Å². The molecule has 0 bridgehead atoms. The molecular weight excluding hydrogens is 300 g/mol. The standard InChI is InChI=1S/C19H24N4O/c1-22-17(20-21-18(22)15-6-7-15)12-23-11-10-19(13-23)9-8-14-4-2-3-5-16(14)24-19/h2-5,15H,6-13H2,1H3. The summed E-state index contributed by atoms with van der Waals surface area (Å²) in [5, 5.41) is 8.85. The molecule has 1 aromatic heterocycles. The van der Waals surface area contributed by atoms with Crippen molar-refractivity contribution in [3.63, 3.8) is 0 Å². The second-order valence-electron chi connectivity index (χ2n) is 7.66. The molecule has 2 fully saturated rings. The minimum atomic E-state index is -0.00767. The molecule has 2 aromatic rings. The first kappa shape index (κ1) is 14.5. The molecule has 1 unspecified atom stereocenters. The van der Waals surface area contributed by atoms with Crippen molar-refractivity contribution in [3.05, 3.63) is 41.5 Å². The van der Waals surface area contributed by atoms with E-state index in [1.165, 1.54) is 24.2 Å². The van der Waals surface area contributed by atoms with Gasteiger partial charge in [0.25, 0.3) is 0 Å². The van der Waals surface area contributed by atoms with Gasteiger partial charge in [0.05, 0.1) is 6.54 Å². The van der Waals surface area contributed by atoms with Crippen LogP contribution in [0.1, 0.15) is 48.8 Å². The number of fused-ring (bicyclic) bond motifs is 1. The predicted octanol–water partition coefficient (Wildman–Crippen LogP) is 2.66. The lowest BCUT2D eigenvalue weighted by Crippen LogP contribution is -2.42. The fourth-order valence-corrected chi connectivity index (χ4v) is 4.22. The van der Waals surface area contributed by atoms with Crippen molar-refractivity contribution in [2.75, 3.05) is 13.1 Å². The van der Waals surface area contributed by atoms with Crippen molar-refractivity contribution in [1.82, 2.24) is 19.7 Å². The molecule has 1 atom stereocenters. The Morgan fingerprint density at radius 3 is 2.96 bits per heavy atom. The summed E-state index contributed by atoms with van der Waals surface area (Å²) in [4.78, 5) is 2.48. The van der Waals surface area contributed by atoms with Gasteiger partial charge in [0.2, 0.25) is 0 Å². The van der Waals surface area contributed by atoms with E-state index in [4.69, 9.17) is 4.74 Å². The maximum atomic E-state index is 6.45. The van der Waals surface area contributed by atoms with Gasteiger partial charge in [0, 0.05) is 32.5 Å². The number of ether oxygens (including phenoxy) is 1. The van der Waals surface area contributed by atoms with Gasteiger partial charge in [-0.25, -0.2) is 0 Å². The Morgan fingerprint density at radius 2 is 2.08 bits per heavy atom. The molecule has 5 heteroatoms. The Kier molecular flexibility index (Phi) is 3.20. The van der Waals surface area contributed by atoms with E-state index < -0.39 is 0 Å². The van der Waals surface area contributed by atoms with Crippen LogP contribution in [-0.2, 0) is 20.0 Å². The smallest absolute Gasteiger partial charge is 0.146 e. The van der Waals surface area contributed by atoms with Crippen molar-refractivity contribution in [2.45, 2.75) is 50.2 Å². The highest BCUT2D eigenvalue weighted by Gasteiger charge is 2.42. The van der Waals surface area contributed by atoms with Crippen LogP contribution in [-0.4, -0.2) is 38.4 Å². The minimum Gasteiger partial charge on any atom is -0.486 e. The summed E-state index contributed by atoms with van der Waals surface area (Å²) in [6.07, 6.45) is 5.89. The molecule has 0 N–H and O–H groups in total. The highest BCUT2D eigenvalue weighted by molar-refractivity contribution is 5.36. The molecule has 0 radical (unpaired) electrons. The third-order valence-electron chi connectivity index (χ3n) is 5.85. The van der Waals surface area contributed by atoms with Crippen LogP contribution in [0.15, 0.2) is 24.3 Å². The topological polar surface area (TPSA) is 43.2 Å². The molecule has 0 amide bonds. The second kappa shape index (κ2) is 5.31. The van der Waals surface area contributed by atoms with E-state index in [2.05, 4.69) is 51.0 Å². The highest BCUT2D eigenvalue weighted by atomic mass is 16.5. The molecule has 5 nitrogen and oxygen atoms in total. The van der Waals surface area contributed by atoms with Gasteiger partial charge in [-0.2, -0.15) is 0 Å². The van der Waals surface area contributed by atoms with Gasteiger partial charge < -0.3 is 9.30 Å². The first-order valence-corrected chi connectivity index (χ1v) is 9.10. The number of aromatic nitrogens is 3. The lowest BCUT2D eigenvalue weighted by molar-refractivity contribution is 0.0533. The van der Waals surface area contributed by atoms with Gasteiger partial charge in [-0.15, -0.1) is 10.2 Å². The number of hydrogen-bond acceptors (Lipinski definition) is 4.